The molecule has 5 nitrogen and oxygen atoms in total. The molecule has 0 radical (unpaired) electrons. The van der Waals surface area contributed by atoms with Crippen molar-refractivity contribution in [3.8, 4) is 5.75 Å². The molecule has 0 aliphatic carbocycles. The van der Waals surface area contributed by atoms with Crippen molar-refractivity contribution in [2.24, 2.45) is 0 Å². The van der Waals surface area contributed by atoms with Gasteiger partial charge in [0, 0.05) is 12.3 Å². The largest absolute Gasteiger partial charge is 0.481 e. The first-order valence-corrected chi connectivity index (χ1v) is 7.93. The Morgan fingerprint density at radius 2 is 2.19 bits per heavy atom. The van der Waals surface area contributed by atoms with Crippen LogP contribution in [0.2, 0.25) is 5.02 Å². The van der Waals surface area contributed by atoms with Gasteiger partial charge in [0.05, 0.1) is 10.8 Å². The number of halogens is 1. The number of amides is 1. The van der Waals surface area contributed by atoms with E-state index >= 15 is 0 Å². The Hall–Kier alpha value is -1.40. The molecule has 0 unspecified atom stereocenters. The van der Waals surface area contributed by atoms with E-state index in [0.717, 1.165) is 5.56 Å². The molecule has 0 aliphatic heterocycles. The average Bonchev–Trinajstić information content (AvgIpc) is 2.41. The lowest BCUT2D eigenvalue weighted by Gasteiger charge is -2.16. The standard InChI is InChI=1S/C14H18ClNO4S/c1-9-3-4-11(15)12(7-9)20-10(2)14(19)16-5-6-21-8-13(17)18/h3-4,7,10H,5-6,8H2,1-2H3,(H,16,19)(H,17,18)/t10-/m0/s1. The highest BCUT2D eigenvalue weighted by Crippen LogP contribution is 2.26. The molecule has 1 aromatic carbocycles. The summed E-state index contributed by atoms with van der Waals surface area (Å²) in [6.07, 6.45) is -0.672. The van der Waals surface area contributed by atoms with Crippen LogP contribution in [-0.4, -0.2) is 41.1 Å². The van der Waals surface area contributed by atoms with Gasteiger partial charge >= 0.3 is 5.97 Å². The van der Waals surface area contributed by atoms with Gasteiger partial charge in [-0.1, -0.05) is 17.7 Å². The van der Waals surface area contributed by atoms with Crippen LogP contribution in [0.5, 0.6) is 5.75 Å². The van der Waals surface area contributed by atoms with Crippen LogP contribution in [0, 0.1) is 6.92 Å². The van der Waals surface area contributed by atoms with E-state index in [4.69, 9.17) is 21.4 Å². The smallest absolute Gasteiger partial charge is 0.313 e. The van der Waals surface area contributed by atoms with Gasteiger partial charge in [0.2, 0.25) is 0 Å². The lowest BCUT2D eigenvalue weighted by molar-refractivity contribution is -0.134. The van der Waals surface area contributed by atoms with Crippen LogP contribution in [-0.2, 0) is 9.59 Å². The second-order valence-electron chi connectivity index (χ2n) is 4.43. The maximum absolute atomic E-state index is 11.8. The zero-order chi connectivity index (χ0) is 15.8. The minimum Gasteiger partial charge on any atom is -0.481 e. The lowest BCUT2D eigenvalue weighted by atomic mass is 10.2. The molecule has 0 bridgehead atoms. The van der Waals surface area contributed by atoms with E-state index in [2.05, 4.69) is 5.32 Å². The number of hydrogen-bond acceptors (Lipinski definition) is 4. The van der Waals surface area contributed by atoms with Crippen molar-refractivity contribution in [2.75, 3.05) is 18.1 Å². The summed E-state index contributed by atoms with van der Waals surface area (Å²) in [7, 11) is 0. The summed E-state index contributed by atoms with van der Waals surface area (Å²) in [5, 5.41) is 11.6. The van der Waals surface area contributed by atoms with Gasteiger partial charge in [-0.05, 0) is 31.5 Å². The van der Waals surface area contributed by atoms with E-state index in [0.29, 0.717) is 23.1 Å². The molecule has 21 heavy (non-hydrogen) atoms. The molecule has 1 aromatic rings. The van der Waals surface area contributed by atoms with E-state index in [1.54, 1.807) is 19.1 Å². The van der Waals surface area contributed by atoms with Crippen LogP contribution in [0.15, 0.2) is 18.2 Å². The minimum atomic E-state index is -0.864. The molecule has 116 valence electrons. The summed E-state index contributed by atoms with van der Waals surface area (Å²) < 4.78 is 5.54. The number of thioether (sulfide) groups is 1. The first-order chi connectivity index (χ1) is 9.90. The second kappa shape index (κ2) is 8.79. The highest BCUT2D eigenvalue weighted by Gasteiger charge is 2.15. The molecule has 1 rings (SSSR count). The average molecular weight is 332 g/mol. The third-order valence-corrected chi connectivity index (χ3v) is 3.79. The predicted molar refractivity (Wildman–Crippen MR) is 84.2 cm³/mol. The second-order valence-corrected chi connectivity index (χ2v) is 5.94. The van der Waals surface area contributed by atoms with E-state index in [1.165, 1.54) is 11.8 Å². The minimum absolute atomic E-state index is 0.0286. The van der Waals surface area contributed by atoms with Gasteiger partial charge in [0.15, 0.2) is 6.10 Å². The monoisotopic (exact) mass is 331 g/mol. The number of ether oxygens (including phenoxy) is 1. The molecule has 0 spiro atoms. The normalized spacial score (nSPS) is 11.8. The summed E-state index contributed by atoms with van der Waals surface area (Å²) in [4.78, 5) is 22.2. The maximum Gasteiger partial charge on any atom is 0.313 e. The molecule has 1 atom stereocenters. The van der Waals surface area contributed by atoms with Gasteiger partial charge < -0.3 is 15.2 Å². The highest BCUT2D eigenvalue weighted by atomic mass is 35.5. The SMILES string of the molecule is Cc1ccc(Cl)c(O[C@@H](C)C(=O)NCCSCC(=O)O)c1. The van der Waals surface area contributed by atoms with Crippen LogP contribution in [0.1, 0.15) is 12.5 Å². The number of carbonyl (C=O) groups excluding carboxylic acids is 1. The van der Waals surface area contributed by atoms with Crippen LogP contribution in [0.25, 0.3) is 0 Å². The molecule has 0 aromatic heterocycles. The Bertz CT molecular complexity index is 510. The maximum atomic E-state index is 11.8. The molecule has 0 heterocycles. The molecule has 2 N–H and O–H groups in total. The molecule has 1 amide bonds. The van der Waals surface area contributed by atoms with Gasteiger partial charge in [0.1, 0.15) is 5.75 Å². The van der Waals surface area contributed by atoms with Crippen LogP contribution < -0.4 is 10.1 Å². The van der Waals surface area contributed by atoms with Crippen molar-refractivity contribution in [2.45, 2.75) is 20.0 Å². The Labute approximate surface area is 133 Å². The molecule has 0 aliphatic rings. The van der Waals surface area contributed by atoms with Crippen molar-refractivity contribution in [1.82, 2.24) is 5.32 Å². The van der Waals surface area contributed by atoms with Crippen molar-refractivity contribution in [1.29, 1.82) is 0 Å². The number of aliphatic carboxylic acids is 1. The van der Waals surface area contributed by atoms with Crippen molar-refractivity contribution < 1.29 is 19.4 Å². The Morgan fingerprint density at radius 1 is 1.48 bits per heavy atom. The summed E-state index contributed by atoms with van der Waals surface area (Å²) in [6, 6.07) is 5.35. The predicted octanol–water partition coefficient (Wildman–Crippen LogP) is 2.35. The van der Waals surface area contributed by atoms with Crippen LogP contribution >= 0.6 is 23.4 Å². The number of benzene rings is 1. The zero-order valence-electron chi connectivity index (χ0n) is 11.9. The van der Waals surface area contributed by atoms with E-state index in [1.807, 2.05) is 13.0 Å². The number of aryl methyl sites for hydroxylation is 1. The zero-order valence-corrected chi connectivity index (χ0v) is 13.5. The lowest BCUT2D eigenvalue weighted by Crippen LogP contribution is -2.37. The third kappa shape index (κ3) is 6.73. The fraction of sp³-hybridized carbons (Fsp3) is 0.429. The Balaban J connectivity index is 2.37. The fourth-order valence-corrected chi connectivity index (χ4v) is 2.22. The molecule has 7 heteroatoms. The molecular weight excluding hydrogens is 314 g/mol. The number of carboxylic acids is 1. The van der Waals surface area contributed by atoms with E-state index in [9.17, 15) is 9.59 Å². The van der Waals surface area contributed by atoms with Gasteiger partial charge in [-0.2, -0.15) is 0 Å². The first-order valence-electron chi connectivity index (χ1n) is 6.40. The summed E-state index contributed by atoms with van der Waals surface area (Å²) >= 11 is 7.25. The fourth-order valence-electron chi connectivity index (χ4n) is 1.49. The summed E-state index contributed by atoms with van der Waals surface area (Å²) in [6.45, 7) is 3.94. The quantitative estimate of drug-likeness (QED) is 0.715. The van der Waals surface area contributed by atoms with E-state index < -0.39 is 12.1 Å². The van der Waals surface area contributed by atoms with Crippen molar-refractivity contribution in [3.05, 3.63) is 28.8 Å². The van der Waals surface area contributed by atoms with Crippen molar-refractivity contribution in [3.63, 3.8) is 0 Å². The summed E-state index contributed by atoms with van der Waals surface area (Å²) in [5.41, 5.74) is 0.993. The number of hydrogen-bond donors (Lipinski definition) is 2. The molecular formula is C14H18ClNO4S. The Morgan fingerprint density at radius 3 is 2.86 bits per heavy atom. The van der Waals surface area contributed by atoms with Crippen LogP contribution in [0.3, 0.4) is 0 Å². The molecule has 0 saturated heterocycles. The number of nitrogens with one attached hydrogen (secondary N) is 1. The van der Waals surface area contributed by atoms with Crippen LogP contribution in [0.4, 0.5) is 0 Å². The first kappa shape index (κ1) is 17.7. The summed E-state index contributed by atoms with van der Waals surface area (Å²) in [5.74, 6) is -0.0864. The Kier molecular flexibility index (Phi) is 7.39. The van der Waals surface area contributed by atoms with Crippen molar-refractivity contribution >= 4 is 35.2 Å². The number of rotatable bonds is 8. The molecule has 0 fully saturated rings. The third-order valence-electron chi connectivity index (χ3n) is 2.53. The topological polar surface area (TPSA) is 75.6 Å². The van der Waals surface area contributed by atoms with Gasteiger partial charge in [0.25, 0.3) is 5.91 Å². The van der Waals surface area contributed by atoms with Gasteiger partial charge in [-0.3, -0.25) is 9.59 Å². The van der Waals surface area contributed by atoms with Gasteiger partial charge in [-0.15, -0.1) is 11.8 Å². The highest BCUT2D eigenvalue weighted by molar-refractivity contribution is 7.99. The molecule has 0 saturated carbocycles. The van der Waals surface area contributed by atoms with E-state index in [-0.39, 0.29) is 11.7 Å². The number of carbonyl (C=O) groups is 2. The number of carboxylic acid groups (broad SMARTS) is 1. The van der Waals surface area contributed by atoms with Gasteiger partial charge in [-0.25, -0.2) is 0 Å².